The molecule has 5 nitrogen and oxygen atoms in total. The molecule has 0 fully saturated rings. The van der Waals surface area contributed by atoms with Gasteiger partial charge in [-0.3, -0.25) is 4.79 Å². The van der Waals surface area contributed by atoms with Crippen LogP contribution in [0.1, 0.15) is 13.8 Å². The summed E-state index contributed by atoms with van der Waals surface area (Å²) in [6.45, 7) is 4.03. The zero-order chi connectivity index (χ0) is 14.3. The second kappa shape index (κ2) is 7.63. The monoisotopic (exact) mass is 267 g/mol. The van der Waals surface area contributed by atoms with Gasteiger partial charge in [0.15, 0.2) is 17.6 Å². The molecular formula is C14H21NO4. The van der Waals surface area contributed by atoms with Gasteiger partial charge < -0.3 is 19.5 Å². The van der Waals surface area contributed by atoms with Crippen LogP contribution in [0.15, 0.2) is 24.3 Å². The molecule has 0 saturated heterocycles. The van der Waals surface area contributed by atoms with Crippen molar-refractivity contribution in [2.24, 2.45) is 0 Å². The average Bonchev–Trinajstić information content (AvgIpc) is 2.39. The Kier molecular flexibility index (Phi) is 6.15. The molecule has 0 unspecified atom stereocenters. The van der Waals surface area contributed by atoms with E-state index in [2.05, 4.69) is 5.32 Å². The van der Waals surface area contributed by atoms with E-state index in [1.807, 2.05) is 19.1 Å². The number of ether oxygens (including phenoxy) is 3. The molecule has 0 saturated carbocycles. The maximum Gasteiger partial charge on any atom is 0.261 e. The fraction of sp³-hybridized carbons (Fsp3) is 0.500. The van der Waals surface area contributed by atoms with Gasteiger partial charge in [-0.1, -0.05) is 12.1 Å². The van der Waals surface area contributed by atoms with E-state index in [1.54, 1.807) is 33.3 Å². The van der Waals surface area contributed by atoms with E-state index in [0.717, 1.165) is 0 Å². The minimum atomic E-state index is -0.601. The molecule has 0 aliphatic heterocycles. The van der Waals surface area contributed by atoms with E-state index >= 15 is 0 Å². The Morgan fingerprint density at radius 1 is 1.21 bits per heavy atom. The van der Waals surface area contributed by atoms with Crippen LogP contribution in [0.5, 0.6) is 11.5 Å². The number of benzene rings is 1. The largest absolute Gasteiger partial charge is 0.493 e. The highest BCUT2D eigenvalue weighted by atomic mass is 16.5. The van der Waals surface area contributed by atoms with Gasteiger partial charge in [0.1, 0.15) is 0 Å². The number of methoxy groups -OCH3 is 2. The molecule has 0 bridgehead atoms. The van der Waals surface area contributed by atoms with Crippen molar-refractivity contribution in [2.75, 3.05) is 20.8 Å². The molecular weight excluding hydrogens is 246 g/mol. The van der Waals surface area contributed by atoms with E-state index in [0.29, 0.717) is 18.1 Å². The third kappa shape index (κ3) is 4.79. The van der Waals surface area contributed by atoms with Crippen molar-refractivity contribution in [2.45, 2.75) is 26.0 Å². The van der Waals surface area contributed by atoms with Crippen LogP contribution in [-0.2, 0) is 9.53 Å². The predicted molar refractivity (Wildman–Crippen MR) is 72.6 cm³/mol. The highest BCUT2D eigenvalue weighted by molar-refractivity contribution is 5.81. The SMILES string of the molecule is COC[C@@H](C)NC(=O)[C@@H](C)Oc1ccccc1OC. The highest BCUT2D eigenvalue weighted by Gasteiger charge is 2.18. The Hall–Kier alpha value is -1.75. The van der Waals surface area contributed by atoms with Crippen molar-refractivity contribution in [3.05, 3.63) is 24.3 Å². The van der Waals surface area contributed by atoms with E-state index in [1.165, 1.54) is 0 Å². The summed E-state index contributed by atoms with van der Waals surface area (Å²) in [5.74, 6) is 0.967. The molecule has 1 aromatic carbocycles. The molecule has 1 amide bonds. The minimum absolute atomic E-state index is 0.0544. The molecule has 0 aromatic heterocycles. The lowest BCUT2D eigenvalue weighted by molar-refractivity contribution is -0.128. The summed E-state index contributed by atoms with van der Waals surface area (Å²) < 4.78 is 15.7. The van der Waals surface area contributed by atoms with Crippen LogP contribution in [0.2, 0.25) is 0 Å². The maximum absolute atomic E-state index is 11.9. The maximum atomic E-state index is 11.9. The summed E-state index contributed by atoms with van der Waals surface area (Å²) in [5, 5.41) is 2.81. The molecule has 1 N–H and O–H groups in total. The molecule has 1 rings (SSSR count). The van der Waals surface area contributed by atoms with Gasteiger partial charge in [0.25, 0.3) is 5.91 Å². The smallest absolute Gasteiger partial charge is 0.261 e. The van der Waals surface area contributed by atoms with Crippen molar-refractivity contribution < 1.29 is 19.0 Å². The Bertz CT molecular complexity index is 408. The first kappa shape index (κ1) is 15.3. The van der Waals surface area contributed by atoms with E-state index in [-0.39, 0.29) is 11.9 Å². The van der Waals surface area contributed by atoms with E-state index < -0.39 is 6.10 Å². The third-order valence-electron chi connectivity index (χ3n) is 2.55. The van der Waals surface area contributed by atoms with Crippen LogP contribution in [0.25, 0.3) is 0 Å². The van der Waals surface area contributed by atoms with E-state index in [4.69, 9.17) is 14.2 Å². The Balaban J connectivity index is 2.58. The minimum Gasteiger partial charge on any atom is -0.493 e. The first-order chi connectivity index (χ1) is 9.08. The predicted octanol–water partition coefficient (Wildman–Crippen LogP) is 1.61. The first-order valence-corrected chi connectivity index (χ1v) is 6.17. The molecule has 0 aliphatic rings. The summed E-state index contributed by atoms with van der Waals surface area (Å²) >= 11 is 0. The van der Waals surface area contributed by atoms with Crippen LogP contribution in [0.4, 0.5) is 0 Å². The van der Waals surface area contributed by atoms with Crippen LogP contribution >= 0.6 is 0 Å². The summed E-state index contributed by atoms with van der Waals surface area (Å²) in [7, 11) is 3.16. The fourth-order valence-electron chi connectivity index (χ4n) is 1.61. The molecule has 1 aromatic rings. The number of nitrogens with one attached hydrogen (secondary N) is 1. The molecule has 0 heterocycles. The van der Waals surface area contributed by atoms with Crippen molar-refractivity contribution in [1.82, 2.24) is 5.32 Å². The van der Waals surface area contributed by atoms with Crippen molar-refractivity contribution in [3.63, 3.8) is 0 Å². The topological polar surface area (TPSA) is 56.8 Å². The number of carbonyl (C=O) groups excluding carboxylic acids is 1. The van der Waals surface area contributed by atoms with Gasteiger partial charge in [-0.25, -0.2) is 0 Å². The lowest BCUT2D eigenvalue weighted by Gasteiger charge is -2.19. The van der Waals surface area contributed by atoms with E-state index in [9.17, 15) is 4.79 Å². The number of hydrogen-bond donors (Lipinski definition) is 1. The number of hydrogen-bond acceptors (Lipinski definition) is 4. The molecule has 2 atom stereocenters. The molecule has 0 radical (unpaired) electrons. The van der Waals surface area contributed by atoms with Gasteiger partial charge in [-0.05, 0) is 26.0 Å². The second-order valence-electron chi connectivity index (χ2n) is 4.28. The standard InChI is InChI=1S/C14H21NO4/c1-10(9-17-3)15-14(16)11(2)19-13-8-6-5-7-12(13)18-4/h5-8,10-11H,9H2,1-4H3,(H,15,16)/t10-,11-/m1/s1. The lowest BCUT2D eigenvalue weighted by atomic mass is 10.3. The highest BCUT2D eigenvalue weighted by Crippen LogP contribution is 2.26. The van der Waals surface area contributed by atoms with Gasteiger partial charge >= 0.3 is 0 Å². The zero-order valence-electron chi connectivity index (χ0n) is 11.8. The number of amides is 1. The summed E-state index contributed by atoms with van der Waals surface area (Å²) in [4.78, 5) is 11.9. The van der Waals surface area contributed by atoms with Gasteiger partial charge in [-0.15, -0.1) is 0 Å². The van der Waals surface area contributed by atoms with Gasteiger partial charge in [-0.2, -0.15) is 0 Å². The quantitative estimate of drug-likeness (QED) is 0.815. The van der Waals surface area contributed by atoms with Crippen molar-refractivity contribution >= 4 is 5.91 Å². The fourth-order valence-corrected chi connectivity index (χ4v) is 1.61. The van der Waals surface area contributed by atoms with Crippen molar-refractivity contribution in [3.8, 4) is 11.5 Å². The lowest BCUT2D eigenvalue weighted by Crippen LogP contribution is -2.43. The Morgan fingerprint density at radius 3 is 2.42 bits per heavy atom. The molecule has 0 aliphatic carbocycles. The van der Waals surface area contributed by atoms with Gasteiger partial charge in [0.2, 0.25) is 0 Å². The molecule has 106 valence electrons. The third-order valence-corrected chi connectivity index (χ3v) is 2.55. The van der Waals surface area contributed by atoms with Crippen LogP contribution < -0.4 is 14.8 Å². The molecule has 0 spiro atoms. The number of rotatable bonds is 7. The van der Waals surface area contributed by atoms with Crippen LogP contribution in [0.3, 0.4) is 0 Å². The Morgan fingerprint density at radius 2 is 1.84 bits per heavy atom. The van der Waals surface area contributed by atoms with Crippen molar-refractivity contribution in [1.29, 1.82) is 0 Å². The Labute approximate surface area is 113 Å². The average molecular weight is 267 g/mol. The zero-order valence-corrected chi connectivity index (χ0v) is 11.8. The normalized spacial score (nSPS) is 13.5. The first-order valence-electron chi connectivity index (χ1n) is 6.17. The van der Waals surface area contributed by atoms with Gasteiger partial charge in [0, 0.05) is 13.2 Å². The summed E-state index contributed by atoms with van der Waals surface area (Å²) in [6, 6.07) is 7.17. The van der Waals surface area contributed by atoms with Gasteiger partial charge in [0.05, 0.1) is 13.7 Å². The van der Waals surface area contributed by atoms with Crippen LogP contribution in [-0.4, -0.2) is 38.9 Å². The molecule has 19 heavy (non-hydrogen) atoms. The second-order valence-corrected chi connectivity index (χ2v) is 4.28. The summed E-state index contributed by atoms with van der Waals surface area (Å²) in [5.41, 5.74) is 0. The molecule has 5 heteroatoms. The number of carbonyl (C=O) groups is 1. The summed E-state index contributed by atoms with van der Waals surface area (Å²) in [6.07, 6.45) is -0.601. The van der Waals surface area contributed by atoms with Crippen LogP contribution in [0, 0.1) is 0 Å². The number of para-hydroxylation sites is 2.